The molecule has 0 radical (unpaired) electrons. The van der Waals surface area contributed by atoms with E-state index < -0.39 is 0 Å². The molecule has 2 heterocycles. The summed E-state index contributed by atoms with van der Waals surface area (Å²) < 4.78 is 24.7. The largest absolute Gasteiger partial charge is 0.496 e. The van der Waals surface area contributed by atoms with Crippen molar-refractivity contribution in [2.45, 2.75) is 71.3 Å². The molecule has 1 saturated carbocycles. The van der Waals surface area contributed by atoms with Gasteiger partial charge in [0.1, 0.15) is 23.0 Å². The highest BCUT2D eigenvalue weighted by Crippen LogP contribution is 2.43. The minimum atomic E-state index is 0.264. The first-order valence-electron chi connectivity index (χ1n) is 13.3. The fraction of sp³-hybridized carbons (Fsp3) is 0.500. The molecule has 1 aliphatic carbocycles. The van der Waals surface area contributed by atoms with Gasteiger partial charge in [0.25, 0.3) is 0 Å². The number of hydrogen-bond donors (Lipinski definition) is 0. The van der Waals surface area contributed by atoms with Crippen molar-refractivity contribution in [2.75, 3.05) is 20.3 Å². The van der Waals surface area contributed by atoms with E-state index in [1.807, 2.05) is 5.51 Å². The molecule has 36 heavy (non-hydrogen) atoms. The highest BCUT2D eigenvalue weighted by Gasteiger charge is 2.27. The topological polar surface area (TPSA) is 49.8 Å². The van der Waals surface area contributed by atoms with Crippen molar-refractivity contribution in [2.24, 2.45) is 5.92 Å². The molecule has 0 spiro atoms. The Bertz CT molecular complexity index is 1160. The van der Waals surface area contributed by atoms with Gasteiger partial charge in [-0.15, -0.1) is 11.3 Å². The number of ether oxygens (including phenoxy) is 4. The van der Waals surface area contributed by atoms with Gasteiger partial charge in [-0.3, -0.25) is 0 Å². The van der Waals surface area contributed by atoms with Gasteiger partial charge >= 0.3 is 0 Å². The Labute approximate surface area is 218 Å². The van der Waals surface area contributed by atoms with Crippen LogP contribution in [0.3, 0.4) is 0 Å². The summed E-state index contributed by atoms with van der Waals surface area (Å²) in [5.41, 5.74) is 7.55. The molecule has 1 atom stereocenters. The van der Waals surface area contributed by atoms with Gasteiger partial charge in [0.15, 0.2) is 0 Å². The number of fused-ring (bicyclic) bond motifs is 1. The third-order valence-corrected chi connectivity index (χ3v) is 7.65. The summed E-state index contributed by atoms with van der Waals surface area (Å²) in [5.74, 6) is 4.55. The number of aryl methyl sites for hydroxylation is 1. The van der Waals surface area contributed by atoms with E-state index in [9.17, 15) is 0 Å². The third kappa shape index (κ3) is 5.64. The van der Waals surface area contributed by atoms with Crippen LogP contribution in [0.15, 0.2) is 35.2 Å². The zero-order valence-corrected chi connectivity index (χ0v) is 22.5. The predicted molar refractivity (Wildman–Crippen MR) is 145 cm³/mol. The average molecular weight is 508 g/mol. The molecule has 5 nitrogen and oxygen atoms in total. The molecular formula is C30H37NO4S. The predicted octanol–water partition coefficient (Wildman–Crippen LogP) is 7.29. The first-order valence-corrected chi connectivity index (χ1v) is 14.3. The van der Waals surface area contributed by atoms with Crippen molar-refractivity contribution >= 4 is 11.3 Å². The number of thiazole rings is 1. The fourth-order valence-electron chi connectivity index (χ4n) is 5.00. The Morgan fingerprint density at radius 3 is 2.50 bits per heavy atom. The minimum Gasteiger partial charge on any atom is -0.496 e. The van der Waals surface area contributed by atoms with Crippen LogP contribution >= 0.6 is 11.3 Å². The number of rotatable bonds is 12. The SMILES string of the molecule is CCCc1c(OCCCOc2ccc(-c3cscn3)c(OC)c2CC2CC2)ccc2c1OC(C)CC2. The molecule has 0 saturated heterocycles. The molecule has 0 bridgehead atoms. The van der Waals surface area contributed by atoms with Crippen LogP contribution in [0.2, 0.25) is 0 Å². The van der Waals surface area contributed by atoms with E-state index in [0.29, 0.717) is 13.2 Å². The van der Waals surface area contributed by atoms with E-state index in [1.165, 1.54) is 24.0 Å². The van der Waals surface area contributed by atoms with Crippen molar-refractivity contribution in [1.82, 2.24) is 4.98 Å². The second kappa shape index (κ2) is 11.5. The zero-order chi connectivity index (χ0) is 24.9. The maximum Gasteiger partial charge on any atom is 0.135 e. The lowest BCUT2D eigenvalue weighted by atomic mass is 9.97. The lowest BCUT2D eigenvalue weighted by Crippen LogP contribution is -2.20. The number of methoxy groups -OCH3 is 1. The monoisotopic (exact) mass is 507 g/mol. The van der Waals surface area contributed by atoms with E-state index in [-0.39, 0.29) is 6.10 Å². The summed E-state index contributed by atoms with van der Waals surface area (Å²) >= 11 is 1.60. The summed E-state index contributed by atoms with van der Waals surface area (Å²) in [7, 11) is 1.75. The molecule has 192 valence electrons. The van der Waals surface area contributed by atoms with E-state index in [1.54, 1.807) is 18.4 Å². The van der Waals surface area contributed by atoms with Gasteiger partial charge in [-0.1, -0.05) is 19.4 Å². The number of nitrogens with zero attached hydrogens (tertiary/aromatic N) is 1. The molecule has 0 amide bonds. The Morgan fingerprint density at radius 1 is 1.03 bits per heavy atom. The van der Waals surface area contributed by atoms with Crippen LogP contribution in [-0.2, 0) is 19.3 Å². The van der Waals surface area contributed by atoms with Gasteiger partial charge in [-0.25, -0.2) is 4.98 Å². The quantitative estimate of drug-likeness (QED) is 0.241. The molecule has 6 heteroatoms. The van der Waals surface area contributed by atoms with Crippen LogP contribution in [0, 0.1) is 5.92 Å². The highest BCUT2D eigenvalue weighted by molar-refractivity contribution is 7.07. The van der Waals surface area contributed by atoms with Gasteiger partial charge in [0.05, 0.1) is 37.6 Å². The molecule has 1 unspecified atom stereocenters. The van der Waals surface area contributed by atoms with Crippen molar-refractivity contribution in [3.8, 4) is 34.3 Å². The summed E-state index contributed by atoms with van der Waals surface area (Å²) in [6, 6.07) is 8.45. The molecule has 5 rings (SSSR count). The van der Waals surface area contributed by atoms with Crippen LogP contribution in [0.1, 0.15) is 62.6 Å². The summed E-state index contributed by atoms with van der Waals surface area (Å²) in [6.07, 6.45) is 8.80. The Hall–Kier alpha value is -2.73. The standard InChI is InChI=1S/C30H37NO4S/c1-4-6-24-27(13-11-22-10-7-20(2)35-29(22)24)33-15-5-16-34-28-14-12-23(26-18-36-19-31-26)30(32-3)25(28)17-21-8-9-21/h11-14,18-21H,4-10,15-17H2,1-3H3. The summed E-state index contributed by atoms with van der Waals surface area (Å²) in [4.78, 5) is 4.50. The zero-order valence-electron chi connectivity index (χ0n) is 21.7. The van der Waals surface area contributed by atoms with Crippen molar-refractivity contribution in [1.29, 1.82) is 0 Å². The molecular weight excluding hydrogens is 470 g/mol. The van der Waals surface area contributed by atoms with Crippen molar-refractivity contribution < 1.29 is 18.9 Å². The average Bonchev–Trinajstić information content (AvgIpc) is 3.54. The lowest BCUT2D eigenvalue weighted by molar-refractivity contribution is 0.187. The van der Waals surface area contributed by atoms with Crippen molar-refractivity contribution in [3.05, 3.63) is 51.8 Å². The Morgan fingerprint density at radius 2 is 1.81 bits per heavy atom. The fourth-order valence-corrected chi connectivity index (χ4v) is 5.55. The van der Waals surface area contributed by atoms with Gasteiger partial charge < -0.3 is 18.9 Å². The lowest BCUT2D eigenvalue weighted by Gasteiger charge is -2.27. The van der Waals surface area contributed by atoms with Gasteiger partial charge in [0.2, 0.25) is 0 Å². The van der Waals surface area contributed by atoms with Gasteiger partial charge in [-0.2, -0.15) is 0 Å². The van der Waals surface area contributed by atoms with Crippen LogP contribution < -0.4 is 18.9 Å². The number of aromatic nitrogens is 1. The molecule has 1 aliphatic heterocycles. The molecule has 3 aromatic rings. The van der Waals surface area contributed by atoms with E-state index in [0.717, 1.165) is 84.3 Å². The van der Waals surface area contributed by atoms with E-state index in [4.69, 9.17) is 18.9 Å². The smallest absolute Gasteiger partial charge is 0.135 e. The second-order valence-electron chi connectivity index (χ2n) is 9.94. The first kappa shape index (κ1) is 24.9. The number of hydrogen-bond acceptors (Lipinski definition) is 6. The molecule has 2 aliphatic rings. The molecule has 1 aromatic heterocycles. The number of benzene rings is 2. The molecule has 1 fully saturated rings. The minimum absolute atomic E-state index is 0.264. The highest BCUT2D eigenvalue weighted by atomic mass is 32.1. The van der Waals surface area contributed by atoms with Crippen LogP contribution in [0.5, 0.6) is 23.0 Å². The van der Waals surface area contributed by atoms with Crippen LogP contribution in [0.4, 0.5) is 0 Å². The second-order valence-corrected chi connectivity index (χ2v) is 10.7. The maximum atomic E-state index is 6.30. The van der Waals surface area contributed by atoms with Crippen molar-refractivity contribution in [3.63, 3.8) is 0 Å². The molecule has 2 aromatic carbocycles. The van der Waals surface area contributed by atoms with Gasteiger partial charge in [0, 0.05) is 28.5 Å². The van der Waals surface area contributed by atoms with Crippen LogP contribution in [-0.4, -0.2) is 31.4 Å². The van der Waals surface area contributed by atoms with E-state index in [2.05, 4.69) is 48.5 Å². The first-order chi connectivity index (χ1) is 17.7. The normalized spacial score (nSPS) is 16.8. The van der Waals surface area contributed by atoms with Crippen LogP contribution in [0.25, 0.3) is 11.3 Å². The Kier molecular flexibility index (Phi) is 8.00. The van der Waals surface area contributed by atoms with E-state index >= 15 is 0 Å². The van der Waals surface area contributed by atoms with Gasteiger partial charge in [-0.05, 0) is 75.1 Å². The maximum absolute atomic E-state index is 6.30. The third-order valence-electron chi connectivity index (χ3n) is 7.06. The summed E-state index contributed by atoms with van der Waals surface area (Å²) in [6.45, 7) is 5.56. The molecule has 0 N–H and O–H groups in total. The summed E-state index contributed by atoms with van der Waals surface area (Å²) in [5, 5.41) is 2.07. The Balaban J connectivity index is 1.24.